The predicted molar refractivity (Wildman–Crippen MR) is 98.0 cm³/mol. The average Bonchev–Trinajstić information content (AvgIpc) is 2.50. The van der Waals surface area contributed by atoms with Crippen molar-refractivity contribution in [2.24, 2.45) is 11.8 Å². The van der Waals surface area contributed by atoms with Gasteiger partial charge in [0.05, 0.1) is 0 Å². The maximum atomic E-state index is 12.9. The van der Waals surface area contributed by atoms with E-state index in [0.29, 0.717) is 21.6 Å². The van der Waals surface area contributed by atoms with Crippen LogP contribution in [0.3, 0.4) is 0 Å². The molecular weight excluding hydrogens is 320 g/mol. The van der Waals surface area contributed by atoms with Gasteiger partial charge in [-0.15, -0.1) is 0 Å². The van der Waals surface area contributed by atoms with Crippen LogP contribution in [0.1, 0.15) is 38.8 Å². The topological polar surface area (TPSA) is 63.5 Å². The summed E-state index contributed by atoms with van der Waals surface area (Å²) >= 11 is -1.34. The molecule has 0 unspecified atom stereocenters. The normalized spacial score (nSPS) is 11.7. The Morgan fingerprint density at radius 2 is 1.17 bits per heavy atom. The van der Waals surface area contributed by atoms with Gasteiger partial charge in [0.15, 0.2) is 9.79 Å². The second-order valence-corrected chi connectivity index (χ2v) is 8.53. The van der Waals surface area contributed by atoms with Gasteiger partial charge < -0.3 is 14.8 Å². The van der Waals surface area contributed by atoms with Crippen LogP contribution < -0.4 is 0 Å². The smallest absolute Gasteiger partial charge is 0.158 e. The van der Waals surface area contributed by atoms with Crippen molar-refractivity contribution in [1.29, 1.82) is 0 Å². The summed E-state index contributed by atoms with van der Waals surface area (Å²) in [6.45, 7) is 8.34. The number of benzene rings is 2. The number of phenols is 2. The number of rotatable bonds is 6. The van der Waals surface area contributed by atoms with Crippen molar-refractivity contribution in [3.8, 4) is 11.5 Å². The highest BCUT2D eigenvalue weighted by molar-refractivity contribution is 7.91. The van der Waals surface area contributed by atoms with Gasteiger partial charge in [-0.2, -0.15) is 0 Å². The summed E-state index contributed by atoms with van der Waals surface area (Å²) in [7, 11) is 0. The maximum Gasteiger partial charge on any atom is 0.158 e. The molecule has 0 fully saturated rings. The second-order valence-electron chi connectivity index (χ2n) is 7.05. The van der Waals surface area contributed by atoms with Crippen molar-refractivity contribution in [3.05, 3.63) is 47.5 Å². The van der Waals surface area contributed by atoms with E-state index in [9.17, 15) is 14.8 Å². The lowest BCUT2D eigenvalue weighted by Crippen LogP contribution is -2.05. The van der Waals surface area contributed by atoms with E-state index >= 15 is 0 Å². The Hall–Kier alpha value is -1.65. The van der Waals surface area contributed by atoms with Crippen molar-refractivity contribution in [2.45, 2.75) is 50.3 Å². The van der Waals surface area contributed by atoms with Gasteiger partial charge in [-0.1, -0.05) is 27.7 Å². The molecule has 130 valence electrons. The monoisotopic (exact) mass is 346 g/mol. The Labute approximate surface area is 147 Å². The number of phenolic OH excluding ortho intramolecular Hbond substituents is 2. The van der Waals surface area contributed by atoms with Gasteiger partial charge in [0.25, 0.3) is 0 Å². The highest BCUT2D eigenvalue weighted by atomic mass is 32.2. The summed E-state index contributed by atoms with van der Waals surface area (Å²) in [5.74, 6) is 1.31. The molecule has 4 heteroatoms. The lowest BCUT2D eigenvalue weighted by atomic mass is 10.0. The highest BCUT2D eigenvalue weighted by Gasteiger charge is 2.19. The molecule has 0 amide bonds. The molecule has 0 aromatic heterocycles. The molecule has 0 spiro atoms. The third kappa shape index (κ3) is 4.68. The van der Waals surface area contributed by atoms with E-state index in [1.807, 2.05) is 12.1 Å². The minimum atomic E-state index is -1.34. The maximum absolute atomic E-state index is 12.9. The molecule has 3 nitrogen and oxygen atoms in total. The zero-order valence-electron chi connectivity index (χ0n) is 14.7. The van der Waals surface area contributed by atoms with Gasteiger partial charge in [0, 0.05) is 23.3 Å². The fraction of sp³-hybridized carbons (Fsp3) is 0.400. The molecule has 2 rings (SSSR count). The first-order valence-corrected chi connectivity index (χ1v) is 9.48. The van der Waals surface area contributed by atoms with E-state index in [4.69, 9.17) is 0 Å². The Morgan fingerprint density at radius 3 is 1.50 bits per heavy atom. The standard InChI is InChI=1S/C20H26O3S/c1-13(2)9-15-11-17(5-7-19(15)21)24(23)18-6-8-20(22)16(12-18)10-14(3)4/h5-8,11-14,21-22H,9-10H2,1-4H3. The first-order chi connectivity index (χ1) is 11.3. The summed E-state index contributed by atoms with van der Waals surface area (Å²) in [6, 6.07) is 10.3. The molecule has 0 atom stereocenters. The molecule has 0 aliphatic heterocycles. The van der Waals surface area contributed by atoms with Crippen LogP contribution in [0, 0.1) is 11.8 Å². The Bertz CT molecular complexity index is 636. The van der Waals surface area contributed by atoms with E-state index in [2.05, 4.69) is 27.7 Å². The van der Waals surface area contributed by atoms with Crippen LogP contribution >= 0.6 is 0 Å². The minimum absolute atomic E-state index is 0.246. The van der Waals surface area contributed by atoms with Crippen molar-refractivity contribution in [2.75, 3.05) is 0 Å². The Balaban J connectivity index is 2.33. The predicted octanol–water partition coefficient (Wildman–Crippen LogP) is 4.66. The van der Waals surface area contributed by atoms with Crippen molar-refractivity contribution < 1.29 is 14.8 Å². The van der Waals surface area contributed by atoms with E-state index in [0.717, 1.165) is 24.0 Å². The quantitative estimate of drug-likeness (QED) is 0.748. The Kier molecular flexibility index (Phi) is 6.19. The summed E-state index contributed by atoms with van der Waals surface area (Å²) in [5, 5.41) is 20.0. The summed E-state index contributed by atoms with van der Waals surface area (Å²) in [4.78, 5) is 1.34. The van der Waals surface area contributed by atoms with Crippen molar-refractivity contribution in [3.63, 3.8) is 0 Å². The van der Waals surface area contributed by atoms with Crippen LogP contribution in [-0.2, 0) is 24.0 Å². The number of hydrogen-bond donors (Lipinski definition) is 2. The fourth-order valence-electron chi connectivity index (χ4n) is 2.70. The SMILES string of the molecule is CC(C)Cc1cc([S+]([O-])c2ccc(O)c(CC(C)C)c2)ccc1O. The molecule has 0 aliphatic rings. The molecule has 2 aromatic rings. The third-order valence-electron chi connectivity index (χ3n) is 3.79. The van der Waals surface area contributed by atoms with Gasteiger partial charge in [-0.25, -0.2) is 0 Å². The summed E-state index contributed by atoms with van der Waals surface area (Å²) < 4.78 is 12.9. The zero-order chi connectivity index (χ0) is 17.9. The first kappa shape index (κ1) is 18.7. The van der Waals surface area contributed by atoms with Gasteiger partial charge in [-0.3, -0.25) is 0 Å². The van der Waals surface area contributed by atoms with Gasteiger partial charge in [0.1, 0.15) is 11.5 Å². The molecule has 2 aromatic carbocycles. The third-order valence-corrected chi connectivity index (χ3v) is 5.15. The van der Waals surface area contributed by atoms with Gasteiger partial charge in [-0.05, 0) is 60.1 Å². The zero-order valence-corrected chi connectivity index (χ0v) is 15.6. The molecule has 0 saturated carbocycles. The molecular formula is C20H26O3S. The van der Waals surface area contributed by atoms with Crippen LogP contribution in [0.15, 0.2) is 46.2 Å². The fourth-order valence-corrected chi connectivity index (χ4v) is 3.85. The number of hydrogen-bond acceptors (Lipinski definition) is 3. The molecule has 2 N–H and O–H groups in total. The summed E-state index contributed by atoms with van der Waals surface area (Å²) in [5.41, 5.74) is 1.63. The minimum Gasteiger partial charge on any atom is -0.606 e. The average molecular weight is 346 g/mol. The molecule has 24 heavy (non-hydrogen) atoms. The molecule has 0 heterocycles. The van der Waals surface area contributed by atoms with Crippen LogP contribution in [0.5, 0.6) is 11.5 Å². The largest absolute Gasteiger partial charge is 0.606 e. The molecule has 0 aliphatic carbocycles. The van der Waals surface area contributed by atoms with Crippen LogP contribution in [0.25, 0.3) is 0 Å². The Morgan fingerprint density at radius 1 is 0.792 bits per heavy atom. The van der Waals surface area contributed by atoms with Crippen LogP contribution in [0.4, 0.5) is 0 Å². The number of aromatic hydroxyl groups is 2. The van der Waals surface area contributed by atoms with Crippen molar-refractivity contribution in [1.82, 2.24) is 0 Å². The highest BCUT2D eigenvalue weighted by Crippen LogP contribution is 2.30. The molecule has 0 radical (unpaired) electrons. The lowest BCUT2D eigenvalue weighted by Gasteiger charge is -2.15. The van der Waals surface area contributed by atoms with Crippen LogP contribution in [-0.4, -0.2) is 14.8 Å². The summed E-state index contributed by atoms with van der Waals surface area (Å²) in [6.07, 6.45) is 1.48. The second kappa shape index (κ2) is 7.95. The first-order valence-electron chi connectivity index (χ1n) is 8.33. The van der Waals surface area contributed by atoms with E-state index in [-0.39, 0.29) is 11.5 Å². The van der Waals surface area contributed by atoms with Gasteiger partial charge in [0.2, 0.25) is 0 Å². The van der Waals surface area contributed by atoms with Gasteiger partial charge >= 0.3 is 0 Å². The lowest BCUT2D eigenvalue weighted by molar-refractivity contribution is 0.461. The molecule has 0 saturated heterocycles. The van der Waals surface area contributed by atoms with Crippen molar-refractivity contribution >= 4 is 11.2 Å². The van der Waals surface area contributed by atoms with E-state index in [1.165, 1.54) is 0 Å². The molecule has 0 bridgehead atoms. The van der Waals surface area contributed by atoms with Crippen LogP contribution in [0.2, 0.25) is 0 Å². The van der Waals surface area contributed by atoms with E-state index in [1.54, 1.807) is 24.3 Å². The van der Waals surface area contributed by atoms with E-state index < -0.39 is 11.2 Å².